The lowest BCUT2D eigenvalue weighted by Crippen LogP contribution is -2.47. The van der Waals surface area contributed by atoms with Crippen molar-refractivity contribution in [1.29, 1.82) is 0 Å². The lowest BCUT2D eigenvalue weighted by Gasteiger charge is -2.22. The number of anilines is 2. The molecule has 3 N–H and O–H groups in total. The molecule has 2 rings (SSSR count). The Labute approximate surface area is 182 Å². The Bertz CT molecular complexity index is 920. The van der Waals surface area contributed by atoms with Gasteiger partial charge in [0, 0.05) is 29.4 Å². The summed E-state index contributed by atoms with van der Waals surface area (Å²) >= 11 is 0. The Hall–Kier alpha value is -3.55. The largest absolute Gasteiger partial charge is 0.497 e. The van der Waals surface area contributed by atoms with Crippen LogP contribution < -0.4 is 25.4 Å². The van der Waals surface area contributed by atoms with E-state index < -0.39 is 11.9 Å². The van der Waals surface area contributed by atoms with Gasteiger partial charge in [0.2, 0.25) is 11.8 Å². The number of hydrogen-bond donors (Lipinski definition) is 3. The monoisotopic (exact) mass is 427 g/mol. The fraction of sp³-hybridized carbons (Fsp3) is 0.348. The van der Waals surface area contributed by atoms with E-state index in [0.29, 0.717) is 34.9 Å². The van der Waals surface area contributed by atoms with Crippen LogP contribution >= 0.6 is 0 Å². The van der Waals surface area contributed by atoms with E-state index in [4.69, 9.17) is 9.47 Å². The Morgan fingerprint density at radius 1 is 0.903 bits per heavy atom. The molecule has 0 saturated carbocycles. The van der Waals surface area contributed by atoms with Gasteiger partial charge in [-0.15, -0.1) is 0 Å². The number of nitrogens with one attached hydrogen (secondary N) is 3. The highest BCUT2D eigenvalue weighted by Crippen LogP contribution is 2.23. The molecule has 0 saturated heterocycles. The zero-order chi connectivity index (χ0) is 23.0. The number of carbonyl (C=O) groups excluding carboxylic acids is 3. The van der Waals surface area contributed by atoms with Crippen LogP contribution in [-0.4, -0.2) is 38.0 Å². The first-order valence-corrected chi connectivity index (χ1v) is 10.0. The molecule has 0 heterocycles. The molecule has 3 amide bonds. The molecule has 2 aromatic rings. The van der Waals surface area contributed by atoms with Crippen molar-refractivity contribution in [1.82, 2.24) is 5.32 Å². The standard InChI is InChI=1S/C23H29N3O5/c1-6-20(27)24-16-8-7-9-17(12-16)25-23(29)21(14(2)3)26-22(28)15-10-18(30-4)13-19(11-15)31-5/h7-14,21H,6H2,1-5H3,(H,24,27)(H,25,29)(H,26,28). The summed E-state index contributed by atoms with van der Waals surface area (Å²) in [5.41, 5.74) is 1.42. The van der Waals surface area contributed by atoms with Crippen molar-refractivity contribution >= 4 is 29.1 Å². The minimum Gasteiger partial charge on any atom is -0.497 e. The maximum absolute atomic E-state index is 12.9. The summed E-state index contributed by atoms with van der Waals surface area (Å²) in [7, 11) is 3.00. The van der Waals surface area contributed by atoms with Crippen molar-refractivity contribution in [3.63, 3.8) is 0 Å². The highest BCUT2D eigenvalue weighted by atomic mass is 16.5. The molecule has 31 heavy (non-hydrogen) atoms. The van der Waals surface area contributed by atoms with Crippen molar-refractivity contribution in [3.05, 3.63) is 48.0 Å². The lowest BCUT2D eigenvalue weighted by molar-refractivity contribution is -0.119. The second-order valence-corrected chi connectivity index (χ2v) is 7.27. The van der Waals surface area contributed by atoms with E-state index in [0.717, 1.165) is 0 Å². The van der Waals surface area contributed by atoms with Gasteiger partial charge in [0.1, 0.15) is 17.5 Å². The van der Waals surface area contributed by atoms with Crippen molar-refractivity contribution in [2.45, 2.75) is 33.2 Å². The van der Waals surface area contributed by atoms with Crippen LogP contribution in [0.3, 0.4) is 0 Å². The van der Waals surface area contributed by atoms with Crippen molar-refractivity contribution in [2.24, 2.45) is 5.92 Å². The molecular weight excluding hydrogens is 398 g/mol. The van der Waals surface area contributed by atoms with Gasteiger partial charge in [0.15, 0.2) is 0 Å². The number of hydrogen-bond acceptors (Lipinski definition) is 5. The third-order valence-corrected chi connectivity index (χ3v) is 4.58. The third-order valence-electron chi connectivity index (χ3n) is 4.58. The number of rotatable bonds is 9. The van der Waals surface area contributed by atoms with Crippen molar-refractivity contribution < 1.29 is 23.9 Å². The number of amides is 3. The maximum atomic E-state index is 12.9. The van der Waals surface area contributed by atoms with Crippen LogP contribution in [0.4, 0.5) is 11.4 Å². The summed E-state index contributed by atoms with van der Waals surface area (Å²) in [6, 6.07) is 10.9. The molecule has 166 valence electrons. The predicted molar refractivity (Wildman–Crippen MR) is 120 cm³/mol. The number of benzene rings is 2. The van der Waals surface area contributed by atoms with Gasteiger partial charge in [-0.2, -0.15) is 0 Å². The Kier molecular flexibility index (Phi) is 8.43. The van der Waals surface area contributed by atoms with E-state index in [1.54, 1.807) is 49.4 Å². The first-order chi connectivity index (χ1) is 14.8. The van der Waals surface area contributed by atoms with E-state index >= 15 is 0 Å². The minimum absolute atomic E-state index is 0.121. The predicted octanol–water partition coefficient (Wildman–Crippen LogP) is 3.45. The summed E-state index contributed by atoms with van der Waals surface area (Å²) in [5, 5.41) is 8.33. The van der Waals surface area contributed by atoms with Crippen LogP contribution in [0.2, 0.25) is 0 Å². The zero-order valence-electron chi connectivity index (χ0n) is 18.4. The van der Waals surface area contributed by atoms with Gasteiger partial charge < -0.3 is 25.4 Å². The molecule has 0 radical (unpaired) electrons. The summed E-state index contributed by atoms with van der Waals surface area (Å²) in [6.07, 6.45) is 0.354. The van der Waals surface area contributed by atoms with E-state index in [-0.39, 0.29) is 17.7 Å². The fourth-order valence-electron chi connectivity index (χ4n) is 2.84. The Balaban J connectivity index is 2.15. The zero-order valence-corrected chi connectivity index (χ0v) is 18.4. The van der Waals surface area contributed by atoms with Gasteiger partial charge in [-0.25, -0.2) is 0 Å². The normalized spacial score (nSPS) is 11.4. The number of methoxy groups -OCH3 is 2. The molecule has 8 heteroatoms. The molecule has 0 spiro atoms. The summed E-state index contributed by atoms with van der Waals surface area (Å²) < 4.78 is 10.4. The second-order valence-electron chi connectivity index (χ2n) is 7.27. The van der Waals surface area contributed by atoms with E-state index in [9.17, 15) is 14.4 Å². The van der Waals surface area contributed by atoms with Gasteiger partial charge in [-0.1, -0.05) is 26.8 Å². The molecule has 1 atom stereocenters. The molecule has 8 nitrogen and oxygen atoms in total. The van der Waals surface area contributed by atoms with Crippen molar-refractivity contribution in [2.75, 3.05) is 24.9 Å². The van der Waals surface area contributed by atoms with Crippen LogP contribution in [0.5, 0.6) is 11.5 Å². The molecule has 0 aromatic heterocycles. The smallest absolute Gasteiger partial charge is 0.252 e. The molecule has 0 fully saturated rings. The minimum atomic E-state index is -0.779. The van der Waals surface area contributed by atoms with Crippen LogP contribution in [-0.2, 0) is 9.59 Å². The topological polar surface area (TPSA) is 106 Å². The molecular formula is C23H29N3O5. The van der Waals surface area contributed by atoms with E-state index in [1.807, 2.05) is 13.8 Å². The van der Waals surface area contributed by atoms with Crippen LogP contribution in [0, 0.1) is 5.92 Å². The second kappa shape index (κ2) is 11.0. The molecule has 0 bridgehead atoms. The van der Waals surface area contributed by atoms with Gasteiger partial charge in [0.25, 0.3) is 5.91 Å². The molecule has 0 aliphatic rings. The summed E-state index contributed by atoms with van der Waals surface area (Å²) in [6.45, 7) is 5.44. The average Bonchev–Trinajstić information content (AvgIpc) is 2.76. The average molecular weight is 428 g/mol. The van der Waals surface area contributed by atoms with Gasteiger partial charge in [0.05, 0.1) is 14.2 Å². The quantitative estimate of drug-likeness (QED) is 0.568. The van der Waals surface area contributed by atoms with E-state index in [1.165, 1.54) is 14.2 Å². The fourth-order valence-corrected chi connectivity index (χ4v) is 2.84. The van der Waals surface area contributed by atoms with Crippen molar-refractivity contribution in [3.8, 4) is 11.5 Å². The lowest BCUT2D eigenvalue weighted by atomic mass is 10.0. The number of carbonyl (C=O) groups is 3. The van der Waals surface area contributed by atoms with E-state index in [2.05, 4.69) is 16.0 Å². The van der Waals surface area contributed by atoms with Gasteiger partial charge in [-0.3, -0.25) is 14.4 Å². The van der Waals surface area contributed by atoms with Crippen LogP contribution in [0.25, 0.3) is 0 Å². The highest BCUT2D eigenvalue weighted by molar-refractivity contribution is 6.02. The molecule has 0 aliphatic heterocycles. The van der Waals surface area contributed by atoms with Crippen LogP contribution in [0.1, 0.15) is 37.6 Å². The molecule has 0 aliphatic carbocycles. The van der Waals surface area contributed by atoms with Gasteiger partial charge >= 0.3 is 0 Å². The number of ether oxygens (including phenoxy) is 2. The molecule has 2 aromatic carbocycles. The first-order valence-electron chi connectivity index (χ1n) is 10.0. The third kappa shape index (κ3) is 6.74. The van der Waals surface area contributed by atoms with Gasteiger partial charge in [-0.05, 0) is 36.2 Å². The summed E-state index contributed by atoms with van der Waals surface area (Å²) in [4.78, 5) is 37.3. The maximum Gasteiger partial charge on any atom is 0.252 e. The Morgan fingerprint density at radius 3 is 2.00 bits per heavy atom. The summed E-state index contributed by atoms with van der Waals surface area (Å²) in [5.74, 6) is -0.127. The SMILES string of the molecule is CCC(=O)Nc1cccc(NC(=O)C(NC(=O)c2cc(OC)cc(OC)c2)C(C)C)c1. The first kappa shape index (κ1) is 23.7. The molecule has 1 unspecified atom stereocenters. The van der Waals surface area contributed by atoms with Crippen LogP contribution in [0.15, 0.2) is 42.5 Å². The Morgan fingerprint density at radius 2 is 1.48 bits per heavy atom. The highest BCUT2D eigenvalue weighted by Gasteiger charge is 2.25.